The van der Waals surface area contributed by atoms with Crippen molar-refractivity contribution in [3.63, 3.8) is 0 Å². The summed E-state index contributed by atoms with van der Waals surface area (Å²) in [5.74, 6) is -1.41. The molecule has 0 spiro atoms. The van der Waals surface area contributed by atoms with Gasteiger partial charge in [0.1, 0.15) is 5.76 Å². The van der Waals surface area contributed by atoms with Gasteiger partial charge in [-0.1, -0.05) is 57.9 Å². The summed E-state index contributed by atoms with van der Waals surface area (Å²) in [5, 5.41) is 11.0. The standard InChI is InChI=1S/C24H22BrN3O3/c1-16-6-8-17(9-7-16)22(29)20-21(18-4-2-5-19(25)14-18)28(24(31)23(20)30)12-3-11-27-13-10-26-15-27/h2,4-10,13-15,21,29H,3,11-12H2,1H3. The zero-order valence-electron chi connectivity index (χ0n) is 17.0. The number of carbonyl (C=O) groups is 2. The first-order valence-electron chi connectivity index (χ1n) is 10.0. The first-order valence-corrected chi connectivity index (χ1v) is 10.8. The number of rotatable bonds is 6. The predicted octanol–water partition coefficient (Wildman–Crippen LogP) is 4.47. The highest BCUT2D eigenvalue weighted by Gasteiger charge is 2.45. The van der Waals surface area contributed by atoms with Crippen LogP contribution in [0.15, 0.2) is 77.3 Å². The van der Waals surface area contributed by atoms with Gasteiger partial charge >= 0.3 is 0 Å². The lowest BCUT2D eigenvalue weighted by Crippen LogP contribution is -2.31. The zero-order valence-corrected chi connectivity index (χ0v) is 18.6. The molecule has 2 aromatic carbocycles. The second-order valence-corrected chi connectivity index (χ2v) is 8.48. The summed E-state index contributed by atoms with van der Waals surface area (Å²) in [4.78, 5) is 31.6. The fourth-order valence-electron chi connectivity index (χ4n) is 3.84. The third-order valence-corrected chi connectivity index (χ3v) is 5.90. The molecule has 7 heteroatoms. The summed E-state index contributed by atoms with van der Waals surface area (Å²) in [6.45, 7) is 3.00. The van der Waals surface area contributed by atoms with Crippen molar-refractivity contribution >= 4 is 33.4 Å². The molecule has 1 fully saturated rings. The van der Waals surface area contributed by atoms with E-state index in [0.717, 1.165) is 15.6 Å². The van der Waals surface area contributed by atoms with Crippen molar-refractivity contribution in [2.24, 2.45) is 0 Å². The molecule has 6 nitrogen and oxygen atoms in total. The smallest absolute Gasteiger partial charge is 0.295 e. The summed E-state index contributed by atoms with van der Waals surface area (Å²) < 4.78 is 2.76. The Kier molecular flexibility index (Phi) is 6.04. The molecular formula is C24H22BrN3O3. The fraction of sp³-hybridized carbons (Fsp3) is 0.208. The quantitative estimate of drug-likeness (QED) is 0.321. The van der Waals surface area contributed by atoms with E-state index < -0.39 is 17.7 Å². The number of likely N-dealkylation sites (tertiary alicyclic amines) is 1. The highest BCUT2D eigenvalue weighted by Crippen LogP contribution is 2.40. The van der Waals surface area contributed by atoms with Crippen molar-refractivity contribution in [3.8, 4) is 0 Å². The van der Waals surface area contributed by atoms with Crippen LogP contribution in [-0.2, 0) is 16.1 Å². The van der Waals surface area contributed by atoms with Crippen molar-refractivity contribution in [2.75, 3.05) is 6.54 Å². The number of hydrogen-bond donors (Lipinski definition) is 1. The van der Waals surface area contributed by atoms with Gasteiger partial charge in [0.15, 0.2) is 0 Å². The Morgan fingerprint density at radius 3 is 2.58 bits per heavy atom. The molecule has 1 atom stereocenters. The molecule has 158 valence electrons. The largest absolute Gasteiger partial charge is 0.507 e. The van der Waals surface area contributed by atoms with Crippen LogP contribution >= 0.6 is 15.9 Å². The highest BCUT2D eigenvalue weighted by molar-refractivity contribution is 9.10. The number of ketones is 1. The normalized spacial score (nSPS) is 18.0. The molecule has 4 rings (SSSR count). The van der Waals surface area contributed by atoms with E-state index >= 15 is 0 Å². The molecule has 1 amide bonds. The van der Waals surface area contributed by atoms with Gasteiger partial charge in [-0.25, -0.2) is 4.98 Å². The zero-order chi connectivity index (χ0) is 22.0. The van der Waals surface area contributed by atoms with Crippen molar-refractivity contribution in [1.29, 1.82) is 0 Å². The van der Waals surface area contributed by atoms with Gasteiger partial charge in [-0.15, -0.1) is 0 Å². The van der Waals surface area contributed by atoms with E-state index in [1.807, 2.05) is 54.1 Å². The Morgan fingerprint density at radius 2 is 1.90 bits per heavy atom. The first kappa shape index (κ1) is 21.1. The topological polar surface area (TPSA) is 75.4 Å². The number of aromatic nitrogens is 2. The summed E-state index contributed by atoms with van der Waals surface area (Å²) in [5.41, 5.74) is 2.45. The molecule has 1 N–H and O–H groups in total. The van der Waals surface area contributed by atoms with Gasteiger partial charge in [0, 0.05) is 35.5 Å². The van der Waals surface area contributed by atoms with Gasteiger partial charge in [-0.3, -0.25) is 9.59 Å². The molecule has 0 saturated carbocycles. The van der Waals surface area contributed by atoms with E-state index in [9.17, 15) is 14.7 Å². The monoisotopic (exact) mass is 479 g/mol. The molecule has 2 heterocycles. The summed E-state index contributed by atoms with van der Waals surface area (Å²) in [6.07, 6.45) is 5.93. The van der Waals surface area contributed by atoms with Crippen LogP contribution in [0.4, 0.5) is 0 Å². The number of Topliss-reactive ketones (excluding diaryl/α,β-unsaturated/α-hetero) is 1. The van der Waals surface area contributed by atoms with Crippen LogP contribution in [0.2, 0.25) is 0 Å². The molecule has 31 heavy (non-hydrogen) atoms. The molecule has 3 aromatic rings. The molecule has 0 radical (unpaired) electrons. The van der Waals surface area contributed by atoms with Crippen LogP contribution in [0.5, 0.6) is 0 Å². The molecule has 0 bridgehead atoms. The minimum atomic E-state index is -0.661. The van der Waals surface area contributed by atoms with Crippen LogP contribution in [0, 0.1) is 6.92 Å². The lowest BCUT2D eigenvalue weighted by molar-refractivity contribution is -0.139. The number of benzene rings is 2. The van der Waals surface area contributed by atoms with Crippen molar-refractivity contribution in [2.45, 2.75) is 25.9 Å². The molecule has 1 aromatic heterocycles. The summed E-state index contributed by atoms with van der Waals surface area (Å²) in [7, 11) is 0. The van der Waals surface area contributed by atoms with E-state index in [0.29, 0.717) is 25.1 Å². The number of amides is 1. The minimum absolute atomic E-state index is 0.120. The van der Waals surface area contributed by atoms with Gasteiger partial charge in [0.05, 0.1) is 17.9 Å². The predicted molar refractivity (Wildman–Crippen MR) is 121 cm³/mol. The molecular weight excluding hydrogens is 458 g/mol. The van der Waals surface area contributed by atoms with Gasteiger partial charge in [-0.05, 0) is 31.0 Å². The Bertz CT molecular complexity index is 1140. The number of hydrogen-bond acceptors (Lipinski definition) is 4. The number of carbonyl (C=O) groups excluding carboxylic acids is 2. The van der Waals surface area contributed by atoms with Crippen LogP contribution < -0.4 is 0 Å². The molecule has 1 aliphatic rings. The number of imidazole rings is 1. The Hall–Kier alpha value is -3.19. The lowest BCUT2D eigenvalue weighted by atomic mass is 9.95. The summed E-state index contributed by atoms with van der Waals surface area (Å²) in [6, 6.07) is 14.1. The number of aliphatic hydroxyl groups excluding tert-OH is 1. The van der Waals surface area contributed by atoms with Crippen LogP contribution in [0.25, 0.3) is 5.76 Å². The van der Waals surface area contributed by atoms with Gasteiger partial charge < -0.3 is 14.6 Å². The molecule has 1 aliphatic heterocycles. The highest BCUT2D eigenvalue weighted by atomic mass is 79.9. The third kappa shape index (κ3) is 4.32. The lowest BCUT2D eigenvalue weighted by Gasteiger charge is -2.25. The van der Waals surface area contributed by atoms with Crippen LogP contribution in [0.3, 0.4) is 0 Å². The number of halogens is 1. The molecule has 1 unspecified atom stereocenters. The van der Waals surface area contributed by atoms with Crippen molar-refractivity contribution in [1.82, 2.24) is 14.5 Å². The number of nitrogens with zero attached hydrogens (tertiary/aromatic N) is 3. The van der Waals surface area contributed by atoms with E-state index in [1.54, 1.807) is 29.6 Å². The average molecular weight is 480 g/mol. The maximum absolute atomic E-state index is 13.0. The summed E-state index contributed by atoms with van der Waals surface area (Å²) >= 11 is 3.47. The maximum atomic E-state index is 13.0. The SMILES string of the molecule is Cc1ccc(C(O)=C2C(=O)C(=O)N(CCCn3ccnc3)C2c2cccc(Br)c2)cc1. The Labute approximate surface area is 189 Å². The number of aliphatic hydroxyl groups is 1. The third-order valence-electron chi connectivity index (χ3n) is 5.40. The second kappa shape index (κ2) is 8.89. The molecule has 1 saturated heterocycles. The number of aryl methyl sites for hydroxylation is 2. The van der Waals surface area contributed by atoms with E-state index in [1.165, 1.54) is 0 Å². The van der Waals surface area contributed by atoms with Crippen molar-refractivity contribution in [3.05, 3.63) is 94.0 Å². The van der Waals surface area contributed by atoms with Crippen LogP contribution in [-0.4, -0.2) is 37.8 Å². The average Bonchev–Trinajstić information content (AvgIpc) is 3.36. The second-order valence-electron chi connectivity index (χ2n) is 7.57. The fourth-order valence-corrected chi connectivity index (χ4v) is 4.26. The Morgan fingerprint density at radius 1 is 1.13 bits per heavy atom. The van der Waals surface area contributed by atoms with E-state index in [-0.39, 0.29) is 11.3 Å². The molecule has 0 aliphatic carbocycles. The van der Waals surface area contributed by atoms with E-state index in [2.05, 4.69) is 20.9 Å². The van der Waals surface area contributed by atoms with Gasteiger partial charge in [0.2, 0.25) is 0 Å². The van der Waals surface area contributed by atoms with Gasteiger partial charge in [0.25, 0.3) is 11.7 Å². The van der Waals surface area contributed by atoms with Gasteiger partial charge in [-0.2, -0.15) is 0 Å². The van der Waals surface area contributed by atoms with E-state index in [4.69, 9.17) is 0 Å². The first-order chi connectivity index (χ1) is 15.0. The van der Waals surface area contributed by atoms with Crippen LogP contribution in [0.1, 0.15) is 29.2 Å². The maximum Gasteiger partial charge on any atom is 0.295 e. The Balaban J connectivity index is 1.73. The van der Waals surface area contributed by atoms with Crippen molar-refractivity contribution < 1.29 is 14.7 Å². The minimum Gasteiger partial charge on any atom is -0.507 e.